The molecule has 2 bridgehead atoms. The number of benzene rings is 2. The number of hydrogen-bond acceptors (Lipinski definition) is 14. The van der Waals surface area contributed by atoms with E-state index in [9.17, 15) is 44.4 Å². The molecule has 0 spiro atoms. The fourth-order valence-electron chi connectivity index (χ4n) is 9.87. The maximum atomic E-state index is 15.0. The zero-order valence-corrected chi connectivity index (χ0v) is 34.7. The van der Waals surface area contributed by atoms with E-state index < -0.39 is 112 Å². The molecule has 0 aromatic heterocycles. The van der Waals surface area contributed by atoms with Gasteiger partial charge in [0.05, 0.1) is 35.6 Å². The molecule has 6 rings (SSSR count). The number of nitrogen functional groups attached to an aromatic ring is 1. The van der Waals surface area contributed by atoms with Gasteiger partial charge in [-0.3, -0.25) is 14.4 Å². The van der Waals surface area contributed by atoms with Gasteiger partial charge in [-0.25, -0.2) is 9.59 Å². The van der Waals surface area contributed by atoms with E-state index in [4.69, 9.17) is 24.7 Å². The Labute approximate surface area is 343 Å². The van der Waals surface area contributed by atoms with E-state index >= 15 is 0 Å². The molecule has 1 aliphatic heterocycles. The van der Waals surface area contributed by atoms with Crippen molar-refractivity contribution < 1.29 is 63.3 Å². The number of esters is 3. The molecule has 15 heteroatoms. The summed E-state index contributed by atoms with van der Waals surface area (Å²) in [6, 6.07) is 12.7. The first-order valence-electron chi connectivity index (χ1n) is 19.8. The summed E-state index contributed by atoms with van der Waals surface area (Å²) in [7, 11) is 0. The minimum Gasteiger partial charge on any atom is -0.456 e. The maximum absolute atomic E-state index is 15.0. The molecule has 4 aliphatic rings. The highest BCUT2D eigenvalue weighted by atomic mass is 16.6. The van der Waals surface area contributed by atoms with Crippen molar-refractivity contribution in [1.29, 1.82) is 0 Å². The zero-order chi connectivity index (χ0) is 43.6. The number of amides is 1. The van der Waals surface area contributed by atoms with Gasteiger partial charge in [0, 0.05) is 37.3 Å². The Balaban J connectivity index is 1.49. The summed E-state index contributed by atoms with van der Waals surface area (Å²) in [6.07, 6.45) is -10.4. The van der Waals surface area contributed by atoms with E-state index in [1.165, 1.54) is 26.0 Å². The van der Waals surface area contributed by atoms with Crippen LogP contribution in [0.15, 0.2) is 65.7 Å². The second kappa shape index (κ2) is 15.4. The van der Waals surface area contributed by atoms with Crippen LogP contribution in [0.3, 0.4) is 0 Å². The Morgan fingerprint density at radius 1 is 1.00 bits per heavy atom. The van der Waals surface area contributed by atoms with Crippen LogP contribution >= 0.6 is 0 Å². The number of carbonyl (C=O) groups excluding carboxylic acids is 5. The van der Waals surface area contributed by atoms with Crippen molar-refractivity contribution in [1.82, 2.24) is 5.32 Å². The molecule has 3 aliphatic carbocycles. The molecule has 320 valence electrons. The lowest BCUT2D eigenvalue weighted by atomic mass is 9.44. The van der Waals surface area contributed by atoms with Crippen LogP contribution in [0.4, 0.5) is 5.69 Å². The average Bonchev–Trinajstić information content (AvgIpc) is 3.15. The highest BCUT2D eigenvalue weighted by Crippen LogP contribution is 2.64. The molecule has 1 heterocycles. The highest BCUT2D eigenvalue weighted by Gasteiger charge is 2.78. The quantitative estimate of drug-likeness (QED) is 0.0923. The molecular weight excluding hydrogens is 764 g/mol. The third-order valence-electron chi connectivity index (χ3n) is 13.0. The lowest BCUT2D eigenvalue weighted by molar-refractivity contribution is -0.346. The van der Waals surface area contributed by atoms with Crippen molar-refractivity contribution in [3.63, 3.8) is 0 Å². The predicted molar refractivity (Wildman–Crippen MR) is 211 cm³/mol. The van der Waals surface area contributed by atoms with Gasteiger partial charge in [-0.1, -0.05) is 65.0 Å². The van der Waals surface area contributed by atoms with Crippen LogP contribution in [0.5, 0.6) is 0 Å². The van der Waals surface area contributed by atoms with Gasteiger partial charge in [0.25, 0.3) is 0 Å². The SMILES string of the molecule is CC(=O)O[C@@]12CO[C@@H]1C[C@H](O)[C@@]1(C)C(=O)[C@H](O)C3=C(C)[C@@H](OC(=O)[C@H](O)C(NC(=O)CC(C)(C)C)c4ccc(N)cc4)C[C@@](O)([C@@H](OC(=O)c4ccccc4)[C@H]21)C3(C)C. The van der Waals surface area contributed by atoms with E-state index in [1.807, 2.05) is 20.8 Å². The fraction of sp³-hybridized carbons (Fsp3) is 0.568. The molecular formula is C44H56N2O13. The van der Waals surface area contributed by atoms with Crippen LogP contribution in [0.2, 0.25) is 0 Å². The minimum absolute atomic E-state index is 0.0563. The number of rotatable bonds is 9. The highest BCUT2D eigenvalue weighted by molar-refractivity contribution is 5.94. The zero-order valence-electron chi connectivity index (χ0n) is 34.7. The number of aliphatic hydroxyl groups excluding tert-OH is 3. The van der Waals surface area contributed by atoms with E-state index in [-0.39, 0.29) is 36.2 Å². The molecule has 3 fully saturated rings. The summed E-state index contributed by atoms with van der Waals surface area (Å²) in [5.74, 6) is -5.78. The van der Waals surface area contributed by atoms with E-state index in [0.29, 0.717) is 11.3 Å². The molecule has 15 nitrogen and oxygen atoms in total. The number of Topliss-reactive ketones (excluding diaryl/α,β-unsaturated/α-hetero) is 1. The lowest BCUT2D eigenvalue weighted by Gasteiger charge is -2.67. The first-order valence-corrected chi connectivity index (χ1v) is 19.8. The minimum atomic E-state index is -2.35. The van der Waals surface area contributed by atoms with Gasteiger partial charge in [-0.05, 0) is 60.2 Å². The number of nitrogens with two attached hydrogens (primary N) is 1. The lowest BCUT2D eigenvalue weighted by Crippen LogP contribution is -2.81. The van der Waals surface area contributed by atoms with Crippen LogP contribution in [0.25, 0.3) is 0 Å². The number of ether oxygens (including phenoxy) is 4. The van der Waals surface area contributed by atoms with Crippen molar-refractivity contribution in [3.05, 3.63) is 76.9 Å². The third kappa shape index (κ3) is 7.45. The number of aliphatic hydroxyl groups is 4. The fourth-order valence-corrected chi connectivity index (χ4v) is 9.87. The molecule has 2 saturated carbocycles. The van der Waals surface area contributed by atoms with Crippen LogP contribution in [0, 0.1) is 22.2 Å². The molecule has 1 unspecified atom stereocenters. The number of nitrogens with one attached hydrogen (secondary N) is 1. The first kappa shape index (κ1) is 43.9. The molecule has 1 amide bonds. The predicted octanol–water partition coefficient (Wildman–Crippen LogP) is 2.87. The summed E-state index contributed by atoms with van der Waals surface area (Å²) in [6.45, 7) is 12.4. The normalized spacial score (nSPS) is 33.4. The van der Waals surface area contributed by atoms with Gasteiger partial charge in [-0.15, -0.1) is 0 Å². The van der Waals surface area contributed by atoms with Crippen molar-refractivity contribution in [2.45, 2.75) is 129 Å². The molecule has 59 heavy (non-hydrogen) atoms. The van der Waals surface area contributed by atoms with Gasteiger partial charge in [-0.2, -0.15) is 0 Å². The number of fused-ring (bicyclic) bond motifs is 5. The number of carbonyl (C=O) groups is 5. The van der Waals surface area contributed by atoms with E-state index in [2.05, 4.69) is 5.32 Å². The molecule has 11 atom stereocenters. The van der Waals surface area contributed by atoms with Gasteiger partial charge >= 0.3 is 17.9 Å². The Morgan fingerprint density at radius 3 is 2.19 bits per heavy atom. The van der Waals surface area contributed by atoms with Gasteiger partial charge in [0.15, 0.2) is 17.5 Å². The molecule has 0 radical (unpaired) electrons. The standard InChI is InChI=1S/C44H56N2O13/c1-22-27(57-39(54)34(51)32(24-14-16-26(45)17-15-24)46-30(49)20-40(3,4)5)19-44(55)37(58-38(53)25-12-10-9-11-13-25)35-42(8,36(52)33(50)31(22)41(44,6)7)28(48)18-29-43(35,21-56-29)59-23(2)47/h9-17,27-29,32-35,37,48,50-51,55H,18-21,45H2,1-8H3,(H,46,49)/t27-,28-,29+,32?,33+,34+,35-,37-,42+,43-,44+/m0/s1. The Hall–Kier alpha value is -4.67. The summed E-state index contributed by atoms with van der Waals surface area (Å²) in [4.78, 5) is 69.3. The van der Waals surface area contributed by atoms with Gasteiger partial charge < -0.3 is 50.4 Å². The van der Waals surface area contributed by atoms with Crippen LogP contribution in [0.1, 0.15) is 96.6 Å². The molecule has 2 aromatic rings. The van der Waals surface area contributed by atoms with Gasteiger partial charge in [0.2, 0.25) is 5.91 Å². The summed E-state index contributed by atoms with van der Waals surface area (Å²) in [5, 5.41) is 51.9. The molecule has 7 N–H and O–H groups in total. The Morgan fingerprint density at radius 2 is 1.63 bits per heavy atom. The topological polar surface area (TPSA) is 241 Å². The molecule has 2 aromatic carbocycles. The van der Waals surface area contributed by atoms with E-state index in [1.54, 1.807) is 56.3 Å². The monoisotopic (exact) mass is 820 g/mol. The van der Waals surface area contributed by atoms with Gasteiger partial charge in [0.1, 0.15) is 30.0 Å². The van der Waals surface area contributed by atoms with Crippen molar-refractivity contribution in [2.75, 3.05) is 12.3 Å². The molecule has 1 saturated heterocycles. The number of ketones is 1. The summed E-state index contributed by atoms with van der Waals surface area (Å²) >= 11 is 0. The third-order valence-corrected chi connectivity index (χ3v) is 13.0. The van der Waals surface area contributed by atoms with Crippen molar-refractivity contribution >= 4 is 35.3 Å². The average molecular weight is 821 g/mol. The second-order valence-corrected chi connectivity index (χ2v) is 18.5. The number of hydrogen-bond donors (Lipinski definition) is 6. The Bertz CT molecular complexity index is 2030. The van der Waals surface area contributed by atoms with Crippen LogP contribution in [-0.2, 0) is 38.1 Å². The summed E-state index contributed by atoms with van der Waals surface area (Å²) in [5.41, 5.74) is -1.32. The van der Waals surface area contributed by atoms with Crippen molar-refractivity contribution in [2.24, 2.45) is 22.2 Å². The maximum Gasteiger partial charge on any atom is 0.338 e. The second-order valence-electron chi connectivity index (χ2n) is 18.5. The van der Waals surface area contributed by atoms with Crippen LogP contribution < -0.4 is 11.1 Å². The van der Waals surface area contributed by atoms with E-state index in [0.717, 1.165) is 6.92 Å². The smallest absolute Gasteiger partial charge is 0.338 e. The van der Waals surface area contributed by atoms with Crippen molar-refractivity contribution in [3.8, 4) is 0 Å². The Kier molecular flexibility index (Phi) is 11.5. The summed E-state index contributed by atoms with van der Waals surface area (Å²) < 4.78 is 24.2. The largest absolute Gasteiger partial charge is 0.456 e. The van der Waals surface area contributed by atoms with Crippen LogP contribution in [-0.4, -0.2) is 104 Å². The first-order chi connectivity index (χ1) is 27.4. The number of anilines is 1.